The molecule has 0 saturated carbocycles. The largest absolute Gasteiger partial charge is 0.483 e. The average molecular weight is 356 g/mol. The molecule has 0 bridgehead atoms. The summed E-state index contributed by atoms with van der Waals surface area (Å²) in [4.78, 5) is 0. The van der Waals surface area contributed by atoms with Crippen molar-refractivity contribution < 1.29 is 13.5 Å². The van der Waals surface area contributed by atoms with Gasteiger partial charge in [0.15, 0.2) is 11.6 Å². The van der Waals surface area contributed by atoms with Gasteiger partial charge in [-0.25, -0.2) is 4.39 Å². The second-order valence-corrected chi connectivity index (χ2v) is 6.75. The lowest BCUT2D eigenvalue weighted by molar-refractivity contribution is 0.252. The summed E-state index contributed by atoms with van der Waals surface area (Å²) >= 11 is 3.29. The number of hydrogen-bond donors (Lipinski definition) is 1. The van der Waals surface area contributed by atoms with Crippen LogP contribution in [-0.2, 0) is 13.2 Å². The van der Waals surface area contributed by atoms with Crippen molar-refractivity contribution in [3.63, 3.8) is 0 Å². The van der Waals surface area contributed by atoms with Crippen LogP contribution in [0.1, 0.15) is 32.3 Å². The normalized spacial score (nSPS) is 11.7. The summed E-state index contributed by atoms with van der Waals surface area (Å²) in [7, 11) is 0. The van der Waals surface area contributed by atoms with Crippen LogP contribution in [0, 0.1) is 5.82 Å². The Morgan fingerprint density at radius 2 is 1.90 bits per heavy atom. The lowest BCUT2D eigenvalue weighted by Crippen LogP contribution is -2.34. The predicted molar refractivity (Wildman–Crippen MR) is 83.7 cm³/mol. The number of ether oxygens (including phenoxy) is 1. The highest BCUT2D eigenvalue weighted by atomic mass is 79.9. The number of benzene rings is 1. The fourth-order valence-electron chi connectivity index (χ4n) is 1.68. The molecule has 21 heavy (non-hydrogen) atoms. The monoisotopic (exact) mass is 355 g/mol. The van der Waals surface area contributed by atoms with Crippen LogP contribution in [0.15, 0.2) is 39.2 Å². The first-order valence-corrected chi connectivity index (χ1v) is 7.53. The third-order valence-corrected chi connectivity index (χ3v) is 3.27. The summed E-state index contributed by atoms with van der Waals surface area (Å²) in [6.07, 6.45) is 0. The lowest BCUT2D eigenvalue weighted by atomic mass is 10.1. The minimum absolute atomic E-state index is 0.0307. The molecule has 0 radical (unpaired) electrons. The molecule has 3 nitrogen and oxygen atoms in total. The summed E-state index contributed by atoms with van der Waals surface area (Å²) < 4.78 is 25.4. The number of hydrogen-bond acceptors (Lipinski definition) is 3. The van der Waals surface area contributed by atoms with E-state index in [1.165, 1.54) is 6.07 Å². The molecule has 1 aromatic carbocycles. The van der Waals surface area contributed by atoms with Gasteiger partial charge in [-0.3, -0.25) is 0 Å². The number of rotatable bonds is 5. The zero-order chi connectivity index (χ0) is 15.5. The smallest absolute Gasteiger partial charge is 0.165 e. The van der Waals surface area contributed by atoms with Crippen molar-refractivity contribution in [2.45, 2.75) is 39.5 Å². The van der Waals surface area contributed by atoms with Gasteiger partial charge in [0.1, 0.15) is 18.1 Å². The maximum Gasteiger partial charge on any atom is 0.165 e. The summed E-state index contributed by atoms with van der Waals surface area (Å²) in [5.74, 6) is 1.31. The topological polar surface area (TPSA) is 34.4 Å². The van der Waals surface area contributed by atoms with Crippen LogP contribution in [-0.4, -0.2) is 5.54 Å². The van der Waals surface area contributed by atoms with Gasteiger partial charge in [-0.1, -0.05) is 15.9 Å². The molecule has 114 valence electrons. The Bertz CT molecular complexity index is 605. The second kappa shape index (κ2) is 6.62. The average Bonchev–Trinajstić information content (AvgIpc) is 2.85. The SMILES string of the molecule is CC(C)(C)NCc1ccc(COc2cc(Br)ccc2F)o1. The maximum atomic E-state index is 13.5. The van der Waals surface area contributed by atoms with E-state index < -0.39 is 0 Å². The quantitative estimate of drug-likeness (QED) is 0.847. The zero-order valence-corrected chi connectivity index (χ0v) is 14.0. The molecule has 0 aliphatic carbocycles. The molecule has 1 aromatic heterocycles. The van der Waals surface area contributed by atoms with E-state index in [2.05, 4.69) is 42.0 Å². The predicted octanol–water partition coefficient (Wildman–Crippen LogP) is 4.65. The van der Waals surface area contributed by atoms with E-state index >= 15 is 0 Å². The van der Waals surface area contributed by atoms with E-state index in [1.807, 2.05) is 12.1 Å². The first kappa shape index (κ1) is 16.0. The third-order valence-electron chi connectivity index (χ3n) is 2.77. The Balaban J connectivity index is 1.92. The van der Waals surface area contributed by atoms with E-state index in [1.54, 1.807) is 12.1 Å². The van der Waals surface area contributed by atoms with E-state index in [4.69, 9.17) is 9.15 Å². The Hall–Kier alpha value is -1.33. The van der Waals surface area contributed by atoms with Crippen molar-refractivity contribution in [1.82, 2.24) is 5.32 Å². The van der Waals surface area contributed by atoms with E-state index in [0.717, 1.165) is 10.2 Å². The summed E-state index contributed by atoms with van der Waals surface area (Å²) in [6, 6.07) is 8.33. The molecule has 1 heterocycles. The van der Waals surface area contributed by atoms with Gasteiger partial charge in [0.25, 0.3) is 0 Å². The number of halogens is 2. The zero-order valence-electron chi connectivity index (χ0n) is 12.4. The van der Waals surface area contributed by atoms with Crippen LogP contribution < -0.4 is 10.1 Å². The van der Waals surface area contributed by atoms with Gasteiger partial charge in [-0.05, 0) is 51.1 Å². The Morgan fingerprint density at radius 3 is 2.62 bits per heavy atom. The molecule has 0 fully saturated rings. The van der Waals surface area contributed by atoms with Gasteiger partial charge in [0.05, 0.1) is 6.54 Å². The van der Waals surface area contributed by atoms with Gasteiger partial charge in [0.2, 0.25) is 0 Å². The Kier molecular flexibility index (Phi) is 5.06. The number of furan rings is 1. The second-order valence-electron chi connectivity index (χ2n) is 5.83. The summed E-state index contributed by atoms with van der Waals surface area (Å²) in [5.41, 5.74) is 0.0307. The standard InChI is InChI=1S/C16H19BrFNO2/c1-16(2,3)19-9-12-5-6-13(21-12)10-20-15-8-11(17)4-7-14(15)18/h4-8,19H,9-10H2,1-3H3. The van der Waals surface area contributed by atoms with Crippen molar-refractivity contribution in [3.8, 4) is 5.75 Å². The molecule has 0 atom stereocenters. The van der Waals surface area contributed by atoms with Crippen LogP contribution in [0.4, 0.5) is 4.39 Å². The van der Waals surface area contributed by atoms with Crippen molar-refractivity contribution in [3.05, 3.63) is 52.1 Å². The minimum atomic E-state index is -0.389. The fraction of sp³-hybridized carbons (Fsp3) is 0.375. The highest BCUT2D eigenvalue weighted by molar-refractivity contribution is 9.10. The van der Waals surface area contributed by atoms with Crippen LogP contribution >= 0.6 is 15.9 Å². The van der Waals surface area contributed by atoms with Gasteiger partial charge in [0, 0.05) is 10.0 Å². The summed E-state index contributed by atoms with van der Waals surface area (Å²) in [6.45, 7) is 7.12. The molecule has 0 aliphatic rings. The first-order chi connectivity index (χ1) is 9.83. The highest BCUT2D eigenvalue weighted by Crippen LogP contribution is 2.23. The molecule has 5 heteroatoms. The molecular formula is C16H19BrFNO2. The molecule has 0 amide bonds. The van der Waals surface area contributed by atoms with E-state index in [9.17, 15) is 4.39 Å². The molecule has 0 aliphatic heterocycles. The Morgan fingerprint density at radius 1 is 1.19 bits per heavy atom. The number of nitrogens with one attached hydrogen (secondary N) is 1. The van der Waals surface area contributed by atoms with E-state index in [-0.39, 0.29) is 23.7 Å². The molecule has 1 N–H and O–H groups in total. The van der Waals surface area contributed by atoms with Gasteiger partial charge in [-0.15, -0.1) is 0 Å². The van der Waals surface area contributed by atoms with Gasteiger partial charge >= 0.3 is 0 Å². The van der Waals surface area contributed by atoms with Crippen molar-refractivity contribution in [1.29, 1.82) is 0 Å². The first-order valence-electron chi connectivity index (χ1n) is 6.74. The van der Waals surface area contributed by atoms with Crippen molar-refractivity contribution in [2.24, 2.45) is 0 Å². The molecule has 0 spiro atoms. The van der Waals surface area contributed by atoms with Crippen LogP contribution in [0.3, 0.4) is 0 Å². The Labute approximate surface area is 132 Å². The van der Waals surface area contributed by atoms with Crippen molar-refractivity contribution in [2.75, 3.05) is 0 Å². The lowest BCUT2D eigenvalue weighted by Gasteiger charge is -2.19. The molecule has 0 unspecified atom stereocenters. The highest BCUT2D eigenvalue weighted by Gasteiger charge is 2.11. The van der Waals surface area contributed by atoms with Gasteiger partial charge < -0.3 is 14.5 Å². The van der Waals surface area contributed by atoms with E-state index in [0.29, 0.717) is 12.3 Å². The molecule has 0 saturated heterocycles. The molecule has 2 aromatic rings. The minimum Gasteiger partial charge on any atom is -0.483 e. The van der Waals surface area contributed by atoms with Crippen LogP contribution in [0.5, 0.6) is 5.75 Å². The third kappa shape index (κ3) is 5.17. The molecule has 2 rings (SSSR count). The molecular weight excluding hydrogens is 337 g/mol. The fourth-order valence-corrected chi connectivity index (χ4v) is 2.02. The van der Waals surface area contributed by atoms with Crippen LogP contribution in [0.25, 0.3) is 0 Å². The maximum absolute atomic E-state index is 13.5. The van der Waals surface area contributed by atoms with Gasteiger partial charge in [-0.2, -0.15) is 0 Å². The van der Waals surface area contributed by atoms with Crippen molar-refractivity contribution >= 4 is 15.9 Å². The summed E-state index contributed by atoms with van der Waals surface area (Å²) in [5, 5.41) is 3.34. The van der Waals surface area contributed by atoms with Crippen LogP contribution in [0.2, 0.25) is 0 Å².